The van der Waals surface area contributed by atoms with Gasteiger partial charge in [0.05, 0.1) is 11.4 Å². The lowest BCUT2D eigenvalue weighted by molar-refractivity contribution is -0.113. The monoisotopic (exact) mass is 334 g/mol. The van der Waals surface area contributed by atoms with Crippen LogP contribution in [0.15, 0.2) is 22.7 Å². The van der Waals surface area contributed by atoms with Gasteiger partial charge in [-0.05, 0) is 26.0 Å². The van der Waals surface area contributed by atoms with Crippen molar-refractivity contribution in [2.45, 2.75) is 19.6 Å². The summed E-state index contributed by atoms with van der Waals surface area (Å²) < 4.78 is 16.1. The molecule has 0 fully saturated rings. The molecule has 0 saturated heterocycles. The number of anilines is 1. The van der Waals surface area contributed by atoms with Gasteiger partial charge in [0.25, 0.3) is 0 Å². The molecule has 1 aromatic carbocycles. The van der Waals surface area contributed by atoms with E-state index in [4.69, 9.17) is 14.0 Å². The van der Waals surface area contributed by atoms with Gasteiger partial charge in [-0.25, -0.2) is 0 Å². The second-order valence-corrected chi connectivity index (χ2v) is 6.19. The Bertz CT molecular complexity index is 695. The van der Waals surface area contributed by atoms with Gasteiger partial charge in [0, 0.05) is 23.1 Å². The minimum Gasteiger partial charge on any atom is -0.486 e. The summed E-state index contributed by atoms with van der Waals surface area (Å²) in [6.45, 7) is 4.86. The number of thioether (sulfide) groups is 1. The molecule has 3 rings (SSSR count). The molecule has 23 heavy (non-hydrogen) atoms. The molecule has 122 valence electrons. The summed E-state index contributed by atoms with van der Waals surface area (Å²) in [5.74, 6) is 3.19. The number of carbonyl (C=O) groups excluding carboxylic acids is 1. The van der Waals surface area contributed by atoms with Crippen molar-refractivity contribution in [1.29, 1.82) is 0 Å². The zero-order chi connectivity index (χ0) is 16.2. The summed E-state index contributed by atoms with van der Waals surface area (Å²) in [6.07, 6.45) is 0. The molecule has 1 N–H and O–H groups in total. The Morgan fingerprint density at radius 3 is 2.78 bits per heavy atom. The SMILES string of the molecule is Cc1noc(C)c1CSCC(=O)Nc1ccc2c(c1)OCCO2. The summed E-state index contributed by atoms with van der Waals surface area (Å²) in [7, 11) is 0. The van der Waals surface area contributed by atoms with Crippen LogP contribution in [-0.4, -0.2) is 30.0 Å². The fourth-order valence-corrected chi connectivity index (χ4v) is 3.25. The van der Waals surface area contributed by atoms with Crippen molar-refractivity contribution in [2.24, 2.45) is 0 Å². The van der Waals surface area contributed by atoms with Crippen molar-refractivity contribution in [2.75, 3.05) is 24.3 Å². The second-order valence-electron chi connectivity index (χ2n) is 5.20. The molecule has 6 nitrogen and oxygen atoms in total. The average molecular weight is 334 g/mol. The molecule has 7 heteroatoms. The zero-order valence-electron chi connectivity index (χ0n) is 13.0. The predicted octanol–water partition coefficient (Wildman–Crippen LogP) is 2.93. The lowest BCUT2D eigenvalue weighted by Crippen LogP contribution is -2.17. The van der Waals surface area contributed by atoms with Crippen LogP contribution < -0.4 is 14.8 Å². The first kappa shape index (κ1) is 15.7. The highest BCUT2D eigenvalue weighted by Gasteiger charge is 2.13. The van der Waals surface area contributed by atoms with Gasteiger partial charge in [0.15, 0.2) is 11.5 Å². The van der Waals surface area contributed by atoms with Gasteiger partial charge in [0.1, 0.15) is 19.0 Å². The first-order chi connectivity index (χ1) is 11.1. The molecule has 0 atom stereocenters. The molecule has 0 bridgehead atoms. The minimum atomic E-state index is -0.0570. The van der Waals surface area contributed by atoms with Crippen molar-refractivity contribution >= 4 is 23.4 Å². The topological polar surface area (TPSA) is 73.6 Å². The number of rotatable bonds is 5. The molecule has 1 aromatic heterocycles. The van der Waals surface area contributed by atoms with Crippen molar-refractivity contribution in [3.05, 3.63) is 35.2 Å². The van der Waals surface area contributed by atoms with Crippen LogP contribution in [-0.2, 0) is 10.5 Å². The lowest BCUT2D eigenvalue weighted by atomic mass is 10.2. The van der Waals surface area contributed by atoms with Crippen LogP contribution in [0.5, 0.6) is 11.5 Å². The number of aromatic nitrogens is 1. The van der Waals surface area contributed by atoms with E-state index >= 15 is 0 Å². The van der Waals surface area contributed by atoms with Gasteiger partial charge < -0.3 is 19.3 Å². The highest BCUT2D eigenvalue weighted by Crippen LogP contribution is 2.32. The van der Waals surface area contributed by atoms with Crippen LogP contribution in [0, 0.1) is 13.8 Å². The summed E-state index contributed by atoms with van der Waals surface area (Å²) in [6, 6.07) is 5.40. The molecule has 2 heterocycles. The van der Waals surface area contributed by atoms with Crippen molar-refractivity contribution < 1.29 is 18.8 Å². The number of ether oxygens (including phenoxy) is 2. The third-order valence-electron chi connectivity index (χ3n) is 3.49. The van der Waals surface area contributed by atoms with Crippen molar-refractivity contribution in [3.8, 4) is 11.5 Å². The normalized spacial score (nSPS) is 13.0. The van der Waals surface area contributed by atoms with E-state index in [1.807, 2.05) is 19.9 Å². The van der Waals surface area contributed by atoms with Crippen LogP contribution in [0.2, 0.25) is 0 Å². The van der Waals surface area contributed by atoms with E-state index < -0.39 is 0 Å². The van der Waals surface area contributed by atoms with Crippen LogP contribution in [0.4, 0.5) is 5.69 Å². The molecule has 1 aliphatic rings. The van der Waals surface area contributed by atoms with Crippen molar-refractivity contribution in [1.82, 2.24) is 5.16 Å². The van der Waals surface area contributed by atoms with Crippen LogP contribution in [0.3, 0.4) is 0 Å². The van der Waals surface area contributed by atoms with Gasteiger partial charge in [-0.15, -0.1) is 11.8 Å². The fourth-order valence-electron chi connectivity index (χ4n) is 2.27. The summed E-state index contributed by atoms with van der Waals surface area (Å²) >= 11 is 1.53. The Kier molecular flexibility index (Phi) is 4.76. The molecule has 0 aliphatic carbocycles. The molecule has 0 unspecified atom stereocenters. The van der Waals surface area contributed by atoms with Crippen LogP contribution >= 0.6 is 11.8 Å². The van der Waals surface area contributed by atoms with Crippen LogP contribution in [0.1, 0.15) is 17.0 Å². The van der Waals surface area contributed by atoms with Gasteiger partial charge in [-0.2, -0.15) is 0 Å². The molecular formula is C16H18N2O4S. The summed E-state index contributed by atoms with van der Waals surface area (Å²) in [5, 5.41) is 6.77. The van der Waals surface area contributed by atoms with E-state index in [1.54, 1.807) is 12.1 Å². The molecule has 0 radical (unpaired) electrons. The van der Waals surface area contributed by atoms with E-state index in [2.05, 4.69) is 10.5 Å². The Hall–Kier alpha value is -2.15. The molecule has 0 spiro atoms. The average Bonchev–Trinajstić information content (AvgIpc) is 2.86. The van der Waals surface area contributed by atoms with E-state index in [1.165, 1.54) is 11.8 Å². The number of aryl methyl sites for hydroxylation is 2. The number of carbonyl (C=O) groups is 1. The van der Waals surface area contributed by atoms with Gasteiger partial charge in [-0.3, -0.25) is 4.79 Å². The number of nitrogens with zero attached hydrogens (tertiary/aromatic N) is 1. The molecule has 1 amide bonds. The number of hydrogen-bond acceptors (Lipinski definition) is 6. The Balaban J connectivity index is 1.51. The Morgan fingerprint density at radius 1 is 1.26 bits per heavy atom. The maximum Gasteiger partial charge on any atom is 0.234 e. The Morgan fingerprint density at radius 2 is 2.04 bits per heavy atom. The lowest BCUT2D eigenvalue weighted by Gasteiger charge is -2.19. The third-order valence-corrected chi connectivity index (χ3v) is 4.45. The smallest absolute Gasteiger partial charge is 0.234 e. The first-order valence-corrected chi connectivity index (χ1v) is 8.48. The highest BCUT2D eigenvalue weighted by molar-refractivity contribution is 7.99. The molecule has 0 saturated carbocycles. The molecular weight excluding hydrogens is 316 g/mol. The highest BCUT2D eigenvalue weighted by atomic mass is 32.2. The number of benzene rings is 1. The number of nitrogens with one attached hydrogen (secondary N) is 1. The summed E-state index contributed by atoms with van der Waals surface area (Å²) in [4.78, 5) is 12.0. The van der Waals surface area contributed by atoms with Crippen molar-refractivity contribution in [3.63, 3.8) is 0 Å². The maximum atomic E-state index is 12.0. The van der Waals surface area contributed by atoms with Gasteiger partial charge in [0.2, 0.25) is 5.91 Å². The number of amides is 1. The van der Waals surface area contributed by atoms with E-state index in [0.717, 1.165) is 17.0 Å². The summed E-state index contributed by atoms with van der Waals surface area (Å²) in [5.41, 5.74) is 2.64. The quantitative estimate of drug-likeness (QED) is 0.906. The second kappa shape index (κ2) is 6.95. The third kappa shape index (κ3) is 3.79. The number of fused-ring (bicyclic) bond motifs is 1. The van der Waals surface area contributed by atoms with Crippen LogP contribution in [0.25, 0.3) is 0 Å². The molecule has 2 aromatic rings. The zero-order valence-corrected chi connectivity index (χ0v) is 13.9. The predicted molar refractivity (Wildman–Crippen MR) is 88.2 cm³/mol. The standard InChI is InChI=1S/C16H18N2O4S/c1-10-13(11(2)22-18-10)8-23-9-16(19)17-12-3-4-14-15(7-12)21-6-5-20-14/h3-4,7H,5-6,8-9H2,1-2H3,(H,17,19). The van der Waals surface area contributed by atoms with Gasteiger partial charge >= 0.3 is 0 Å². The largest absolute Gasteiger partial charge is 0.486 e. The van der Waals surface area contributed by atoms with E-state index in [-0.39, 0.29) is 5.91 Å². The molecule has 1 aliphatic heterocycles. The van der Waals surface area contributed by atoms with Gasteiger partial charge in [-0.1, -0.05) is 5.16 Å². The van der Waals surface area contributed by atoms with E-state index in [0.29, 0.717) is 41.9 Å². The van der Waals surface area contributed by atoms with E-state index in [9.17, 15) is 4.79 Å². The number of hydrogen-bond donors (Lipinski definition) is 1. The maximum absolute atomic E-state index is 12.0. The Labute approximate surface area is 138 Å². The first-order valence-electron chi connectivity index (χ1n) is 7.32. The minimum absolute atomic E-state index is 0.0570. The fraction of sp³-hybridized carbons (Fsp3) is 0.375.